The van der Waals surface area contributed by atoms with Crippen LogP contribution in [0.1, 0.15) is 12.8 Å². The summed E-state index contributed by atoms with van der Waals surface area (Å²) in [4.78, 5) is 0. The van der Waals surface area contributed by atoms with Gasteiger partial charge in [-0.05, 0) is 12.8 Å². The van der Waals surface area contributed by atoms with Gasteiger partial charge in [-0.2, -0.15) is 13.1 Å². The van der Waals surface area contributed by atoms with Gasteiger partial charge in [-0.15, -0.1) is 0 Å². The summed E-state index contributed by atoms with van der Waals surface area (Å²) in [6, 6.07) is -0.328. The van der Waals surface area contributed by atoms with Crippen molar-refractivity contribution in [2.75, 3.05) is 13.2 Å². The Hall–Kier alpha value is -0.270. The first-order chi connectivity index (χ1) is 6.00. The quantitative estimate of drug-likeness (QED) is 0.702. The maximum absolute atomic E-state index is 12.1. The van der Waals surface area contributed by atoms with Gasteiger partial charge >= 0.3 is 5.76 Å². The third kappa shape index (κ3) is 2.35. The fourth-order valence-electron chi connectivity index (χ4n) is 1.08. The molecule has 1 aliphatic rings. The Morgan fingerprint density at radius 1 is 1.46 bits per heavy atom. The first-order valence-corrected chi connectivity index (χ1v) is 5.40. The number of aliphatic hydroxyl groups excluding tert-OH is 1. The molecule has 0 aromatic carbocycles. The van der Waals surface area contributed by atoms with Crippen LogP contribution in [0.3, 0.4) is 0 Å². The van der Waals surface area contributed by atoms with Crippen LogP contribution in [0.5, 0.6) is 0 Å². The molecule has 0 saturated heterocycles. The Morgan fingerprint density at radius 2 is 2.00 bits per heavy atom. The zero-order valence-electron chi connectivity index (χ0n) is 6.86. The van der Waals surface area contributed by atoms with Crippen LogP contribution in [0, 0.1) is 0 Å². The molecular weight excluding hydrogens is 204 g/mol. The minimum absolute atomic E-state index is 0.239. The van der Waals surface area contributed by atoms with Crippen molar-refractivity contribution in [1.29, 1.82) is 0 Å². The van der Waals surface area contributed by atoms with Crippen molar-refractivity contribution in [3.8, 4) is 0 Å². The van der Waals surface area contributed by atoms with E-state index in [2.05, 4.69) is 0 Å². The lowest BCUT2D eigenvalue weighted by Crippen LogP contribution is -2.39. The molecular formula is C6H11F2NO3S. The normalized spacial score (nSPS) is 18.5. The van der Waals surface area contributed by atoms with Crippen molar-refractivity contribution in [3.63, 3.8) is 0 Å². The molecule has 1 aliphatic carbocycles. The van der Waals surface area contributed by atoms with Gasteiger partial charge in [0, 0.05) is 12.6 Å². The molecule has 78 valence electrons. The van der Waals surface area contributed by atoms with Crippen LogP contribution < -0.4 is 0 Å². The van der Waals surface area contributed by atoms with Gasteiger partial charge in [0.1, 0.15) is 0 Å². The zero-order valence-corrected chi connectivity index (χ0v) is 7.67. The van der Waals surface area contributed by atoms with Gasteiger partial charge in [0.2, 0.25) is 0 Å². The van der Waals surface area contributed by atoms with Crippen molar-refractivity contribution in [3.05, 3.63) is 0 Å². The van der Waals surface area contributed by atoms with Crippen LogP contribution in [0.15, 0.2) is 0 Å². The van der Waals surface area contributed by atoms with Crippen LogP contribution in [0.4, 0.5) is 8.78 Å². The van der Waals surface area contributed by atoms with Gasteiger partial charge in [-0.25, -0.2) is 8.42 Å². The Kier molecular flexibility index (Phi) is 3.20. The second-order valence-corrected chi connectivity index (χ2v) is 4.73. The molecule has 0 radical (unpaired) electrons. The van der Waals surface area contributed by atoms with Gasteiger partial charge in [0.25, 0.3) is 10.0 Å². The Labute approximate surface area is 75.2 Å². The summed E-state index contributed by atoms with van der Waals surface area (Å²) in [6.07, 6.45) is 1.21. The number of alkyl halides is 2. The topological polar surface area (TPSA) is 57.6 Å². The summed E-state index contributed by atoms with van der Waals surface area (Å²) in [5, 5.41) is 8.51. The van der Waals surface area contributed by atoms with Crippen LogP contribution in [-0.2, 0) is 10.0 Å². The predicted octanol–water partition coefficient (Wildman–Crippen LogP) is -0.00450. The molecule has 4 nitrogen and oxygen atoms in total. The van der Waals surface area contributed by atoms with Gasteiger partial charge < -0.3 is 5.11 Å². The van der Waals surface area contributed by atoms with Gasteiger partial charge in [-0.3, -0.25) is 0 Å². The molecule has 0 aromatic rings. The summed E-state index contributed by atoms with van der Waals surface area (Å²) < 4.78 is 46.8. The lowest BCUT2D eigenvalue weighted by molar-refractivity contribution is 0.204. The highest BCUT2D eigenvalue weighted by molar-refractivity contribution is 7.89. The second kappa shape index (κ2) is 3.85. The van der Waals surface area contributed by atoms with E-state index in [9.17, 15) is 17.2 Å². The smallest absolute Gasteiger partial charge is 0.350 e. The molecule has 0 heterocycles. The third-order valence-corrected chi connectivity index (χ3v) is 3.41. The molecule has 0 unspecified atom stereocenters. The van der Waals surface area contributed by atoms with Crippen molar-refractivity contribution in [2.45, 2.75) is 24.6 Å². The van der Waals surface area contributed by atoms with E-state index in [4.69, 9.17) is 5.11 Å². The fourth-order valence-corrected chi connectivity index (χ4v) is 2.25. The molecule has 0 spiro atoms. The van der Waals surface area contributed by atoms with Crippen molar-refractivity contribution >= 4 is 10.0 Å². The fraction of sp³-hybridized carbons (Fsp3) is 1.00. The molecule has 1 fully saturated rings. The summed E-state index contributed by atoms with van der Waals surface area (Å²) in [6.45, 7) is -0.667. The average Bonchev–Trinajstić information content (AvgIpc) is 2.82. The van der Waals surface area contributed by atoms with E-state index in [1.807, 2.05) is 0 Å². The number of nitrogens with zero attached hydrogens (tertiary/aromatic N) is 1. The summed E-state index contributed by atoms with van der Waals surface area (Å²) in [7, 11) is -4.50. The number of hydrogen-bond donors (Lipinski definition) is 1. The number of halogens is 2. The summed E-state index contributed by atoms with van der Waals surface area (Å²) in [5.41, 5.74) is 0. The monoisotopic (exact) mass is 215 g/mol. The lowest BCUT2D eigenvalue weighted by Gasteiger charge is -2.19. The highest BCUT2D eigenvalue weighted by atomic mass is 32.2. The van der Waals surface area contributed by atoms with E-state index >= 15 is 0 Å². The Bertz CT molecular complexity index is 263. The molecule has 1 rings (SSSR count). The number of rotatable bonds is 5. The van der Waals surface area contributed by atoms with E-state index in [1.165, 1.54) is 0 Å². The highest BCUT2D eigenvalue weighted by Gasteiger charge is 2.41. The van der Waals surface area contributed by atoms with E-state index in [0.29, 0.717) is 17.1 Å². The number of sulfonamides is 1. The number of hydrogen-bond acceptors (Lipinski definition) is 3. The average molecular weight is 215 g/mol. The molecule has 13 heavy (non-hydrogen) atoms. The molecule has 7 heteroatoms. The molecule has 1 saturated carbocycles. The third-order valence-electron chi connectivity index (χ3n) is 1.83. The van der Waals surface area contributed by atoms with Gasteiger partial charge in [0.05, 0.1) is 6.61 Å². The maximum atomic E-state index is 12.1. The second-order valence-electron chi connectivity index (χ2n) is 2.87. The molecule has 0 amide bonds. The van der Waals surface area contributed by atoms with Crippen molar-refractivity contribution in [2.24, 2.45) is 0 Å². The summed E-state index contributed by atoms with van der Waals surface area (Å²) in [5.74, 6) is -3.39. The predicted molar refractivity (Wildman–Crippen MR) is 41.7 cm³/mol. The largest absolute Gasteiger partial charge is 0.395 e. The minimum atomic E-state index is -4.50. The molecule has 0 aromatic heterocycles. The van der Waals surface area contributed by atoms with Crippen LogP contribution in [0.25, 0.3) is 0 Å². The standard InChI is InChI=1S/C6H11F2NO3S/c7-6(8)13(11,12)9(3-4-10)5-1-2-5/h5-6,10H,1-4H2. The Morgan fingerprint density at radius 3 is 2.31 bits per heavy atom. The molecule has 0 bridgehead atoms. The van der Waals surface area contributed by atoms with Gasteiger partial charge in [0.15, 0.2) is 0 Å². The first-order valence-electron chi connectivity index (χ1n) is 3.90. The lowest BCUT2D eigenvalue weighted by atomic mass is 10.6. The summed E-state index contributed by atoms with van der Waals surface area (Å²) >= 11 is 0. The van der Waals surface area contributed by atoms with Crippen molar-refractivity contribution < 1.29 is 22.3 Å². The van der Waals surface area contributed by atoms with E-state index in [1.54, 1.807) is 0 Å². The zero-order chi connectivity index (χ0) is 10.1. The highest BCUT2D eigenvalue weighted by Crippen LogP contribution is 2.30. The SMILES string of the molecule is O=S(=O)(C(F)F)N(CCO)C1CC1. The number of aliphatic hydroxyl groups is 1. The maximum Gasteiger partial charge on any atom is 0.350 e. The van der Waals surface area contributed by atoms with Gasteiger partial charge in [-0.1, -0.05) is 0 Å². The van der Waals surface area contributed by atoms with Crippen LogP contribution in [0.2, 0.25) is 0 Å². The van der Waals surface area contributed by atoms with E-state index < -0.39 is 22.4 Å². The molecule has 0 atom stereocenters. The van der Waals surface area contributed by atoms with Crippen LogP contribution in [-0.4, -0.2) is 42.8 Å². The van der Waals surface area contributed by atoms with E-state index in [-0.39, 0.29) is 12.6 Å². The first kappa shape index (κ1) is 10.8. The van der Waals surface area contributed by atoms with Crippen LogP contribution >= 0.6 is 0 Å². The molecule has 0 aliphatic heterocycles. The van der Waals surface area contributed by atoms with Crippen molar-refractivity contribution in [1.82, 2.24) is 4.31 Å². The molecule has 1 N–H and O–H groups in total. The minimum Gasteiger partial charge on any atom is -0.395 e. The Balaban J connectivity index is 2.73. The van der Waals surface area contributed by atoms with E-state index in [0.717, 1.165) is 0 Å².